The van der Waals surface area contributed by atoms with Crippen molar-refractivity contribution >= 4 is 38.0 Å². The summed E-state index contributed by atoms with van der Waals surface area (Å²) in [6.45, 7) is 3.44. The Bertz CT molecular complexity index is 747. The van der Waals surface area contributed by atoms with Gasteiger partial charge in [0.15, 0.2) is 11.4 Å². The number of thiophene rings is 2. The fraction of sp³-hybridized carbons (Fsp3) is 0.333. The third-order valence-corrected chi connectivity index (χ3v) is 5.54. The molecule has 20 heavy (non-hydrogen) atoms. The van der Waals surface area contributed by atoms with Gasteiger partial charge in [-0.25, -0.2) is 9.48 Å². The topological polar surface area (TPSA) is 80.9 Å². The SMILES string of the molecule is CCC(C)(C(=O)O)n1nnnc1-c1cc2sccc2s1. The lowest BCUT2D eigenvalue weighted by Crippen LogP contribution is -2.39. The lowest BCUT2D eigenvalue weighted by Gasteiger charge is -2.23. The van der Waals surface area contributed by atoms with Crippen molar-refractivity contribution in [2.75, 3.05) is 0 Å². The van der Waals surface area contributed by atoms with E-state index in [-0.39, 0.29) is 0 Å². The van der Waals surface area contributed by atoms with Crippen LogP contribution in [0.2, 0.25) is 0 Å². The monoisotopic (exact) mass is 308 g/mol. The fourth-order valence-electron chi connectivity index (χ4n) is 1.94. The maximum Gasteiger partial charge on any atom is 0.331 e. The van der Waals surface area contributed by atoms with E-state index in [4.69, 9.17) is 0 Å². The van der Waals surface area contributed by atoms with Crippen LogP contribution in [0.1, 0.15) is 20.3 Å². The summed E-state index contributed by atoms with van der Waals surface area (Å²) >= 11 is 3.22. The normalized spacial score (nSPS) is 14.5. The highest BCUT2D eigenvalue weighted by atomic mass is 32.1. The lowest BCUT2D eigenvalue weighted by atomic mass is 9.99. The molecule has 0 radical (unpaired) electrons. The molecule has 1 unspecified atom stereocenters. The van der Waals surface area contributed by atoms with Crippen molar-refractivity contribution in [2.45, 2.75) is 25.8 Å². The molecule has 0 bridgehead atoms. The van der Waals surface area contributed by atoms with E-state index in [2.05, 4.69) is 15.5 Å². The Morgan fingerprint density at radius 1 is 1.50 bits per heavy atom. The summed E-state index contributed by atoms with van der Waals surface area (Å²) in [4.78, 5) is 12.4. The lowest BCUT2D eigenvalue weighted by molar-refractivity contribution is -0.147. The molecular formula is C12H12N4O2S2. The van der Waals surface area contributed by atoms with E-state index >= 15 is 0 Å². The van der Waals surface area contributed by atoms with Crippen LogP contribution in [0, 0.1) is 0 Å². The van der Waals surface area contributed by atoms with Gasteiger partial charge in [0.2, 0.25) is 0 Å². The minimum atomic E-state index is -1.14. The quantitative estimate of drug-likeness (QED) is 0.801. The van der Waals surface area contributed by atoms with Gasteiger partial charge in [-0.1, -0.05) is 6.92 Å². The highest BCUT2D eigenvalue weighted by Crippen LogP contribution is 2.36. The van der Waals surface area contributed by atoms with Crippen LogP contribution >= 0.6 is 22.7 Å². The maximum atomic E-state index is 11.5. The molecule has 104 valence electrons. The molecular weight excluding hydrogens is 296 g/mol. The van der Waals surface area contributed by atoms with Gasteiger partial charge in [-0.3, -0.25) is 0 Å². The third kappa shape index (κ3) is 1.83. The number of carboxylic acids is 1. The molecule has 0 aliphatic carbocycles. The van der Waals surface area contributed by atoms with Crippen LogP contribution < -0.4 is 0 Å². The first kappa shape index (κ1) is 13.2. The van der Waals surface area contributed by atoms with Crippen LogP contribution in [0.25, 0.3) is 20.1 Å². The zero-order valence-corrected chi connectivity index (χ0v) is 12.5. The minimum absolute atomic E-state index is 0.403. The number of nitrogens with zero attached hydrogens (tertiary/aromatic N) is 4. The summed E-state index contributed by atoms with van der Waals surface area (Å²) in [5.41, 5.74) is -1.14. The predicted molar refractivity (Wildman–Crippen MR) is 78.1 cm³/mol. The number of carbonyl (C=O) groups is 1. The van der Waals surface area contributed by atoms with E-state index in [0.717, 1.165) is 14.3 Å². The summed E-state index contributed by atoms with van der Waals surface area (Å²) in [6.07, 6.45) is 0.403. The zero-order valence-electron chi connectivity index (χ0n) is 10.9. The van der Waals surface area contributed by atoms with E-state index in [9.17, 15) is 9.90 Å². The standard InChI is InChI=1S/C12H12N4O2S2/c1-3-12(2,11(17)18)16-10(13-14-15-16)9-6-8-7(20-9)4-5-19-8/h4-6H,3H2,1-2H3,(H,17,18). The van der Waals surface area contributed by atoms with Crippen molar-refractivity contribution in [3.05, 3.63) is 17.5 Å². The van der Waals surface area contributed by atoms with Gasteiger partial charge in [-0.2, -0.15) is 0 Å². The van der Waals surface area contributed by atoms with E-state index in [0.29, 0.717) is 12.2 Å². The summed E-state index contributed by atoms with van der Waals surface area (Å²) in [5, 5.41) is 23.1. The number of aromatic nitrogens is 4. The van der Waals surface area contributed by atoms with Crippen molar-refractivity contribution < 1.29 is 9.90 Å². The maximum absolute atomic E-state index is 11.5. The molecule has 0 aromatic carbocycles. The molecule has 0 spiro atoms. The molecule has 0 aliphatic heterocycles. The van der Waals surface area contributed by atoms with Crippen molar-refractivity contribution in [3.63, 3.8) is 0 Å². The smallest absolute Gasteiger partial charge is 0.331 e. The molecule has 0 fully saturated rings. The van der Waals surface area contributed by atoms with Crippen LogP contribution in [-0.2, 0) is 10.3 Å². The number of fused-ring (bicyclic) bond motifs is 1. The van der Waals surface area contributed by atoms with Gasteiger partial charge in [0, 0.05) is 9.40 Å². The average Bonchev–Trinajstić information content (AvgIpc) is 3.10. The predicted octanol–water partition coefficient (Wildman–Crippen LogP) is 2.83. The van der Waals surface area contributed by atoms with Gasteiger partial charge in [0.25, 0.3) is 0 Å². The van der Waals surface area contributed by atoms with Crippen molar-refractivity contribution in [1.29, 1.82) is 0 Å². The third-order valence-electron chi connectivity index (χ3n) is 3.45. The number of rotatable bonds is 4. The first-order valence-electron chi connectivity index (χ1n) is 6.06. The average molecular weight is 308 g/mol. The molecule has 6 nitrogen and oxygen atoms in total. The van der Waals surface area contributed by atoms with E-state index in [1.54, 1.807) is 29.6 Å². The second-order valence-electron chi connectivity index (χ2n) is 4.61. The van der Waals surface area contributed by atoms with Crippen LogP contribution in [0.15, 0.2) is 17.5 Å². The number of aliphatic carboxylic acids is 1. The van der Waals surface area contributed by atoms with Crippen molar-refractivity contribution in [1.82, 2.24) is 20.2 Å². The number of carboxylic acid groups (broad SMARTS) is 1. The molecule has 0 aliphatic rings. The Kier molecular flexibility index (Phi) is 3.06. The largest absolute Gasteiger partial charge is 0.479 e. The Balaban J connectivity index is 2.14. The fourth-order valence-corrected chi connectivity index (χ4v) is 4.02. The highest BCUT2D eigenvalue weighted by Gasteiger charge is 2.37. The molecule has 3 heterocycles. The van der Waals surface area contributed by atoms with Crippen molar-refractivity contribution in [2.24, 2.45) is 0 Å². The van der Waals surface area contributed by atoms with Gasteiger partial charge >= 0.3 is 5.97 Å². The highest BCUT2D eigenvalue weighted by molar-refractivity contribution is 7.28. The Morgan fingerprint density at radius 3 is 2.95 bits per heavy atom. The van der Waals surface area contributed by atoms with Crippen LogP contribution in [0.5, 0.6) is 0 Å². The Labute approximate surface area is 122 Å². The Hall–Kier alpha value is -1.80. The molecule has 1 atom stereocenters. The molecule has 3 aromatic rings. The molecule has 3 aromatic heterocycles. The van der Waals surface area contributed by atoms with E-state index in [1.165, 1.54) is 4.68 Å². The summed E-state index contributed by atoms with van der Waals surface area (Å²) in [5.74, 6) is -0.433. The van der Waals surface area contributed by atoms with E-state index < -0.39 is 11.5 Å². The molecule has 0 saturated carbocycles. The van der Waals surface area contributed by atoms with Crippen LogP contribution in [-0.4, -0.2) is 31.3 Å². The van der Waals surface area contributed by atoms with Gasteiger partial charge in [0.05, 0.1) is 4.88 Å². The second-order valence-corrected chi connectivity index (χ2v) is 6.64. The van der Waals surface area contributed by atoms with E-state index in [1.807, 2.05) is 24.4 Å². The first-order valence-corrected chi connectivity index (χ1v) is 7.75. The number of hydrogen-bond acceptors (Lipinski definition) is 6. The molecule has 0 saturated heterocycles. The van der Waals surface area contributed by atoms with Crippen LogP contribution in [0.4, 0.5) is 0 Å². The second kappa shape index (κ2) is 4.64. The van der Waals surface area contributed by atoms with Gasteiger partial charge in [0.1, 0.15) is 0 Å². The Morgan fingerprint density at radius 2 is 2.30 bits per heavy atom. The summed E-state index contributed by atoms with van der Waals surface area (Å²) in [7, 11) is 0. The molecule has 0 amide bonds. The summed E-state index contributed by atoms with van der Waals surface area (Å²) in [6, 6.07) is 4.04. The zero-order chi connectivity index (χ0) is 14.3. The van der Waals surface area contributed by atoms with Gasteiger partial charge in [-0.15, -0.1) is 27.8 Å². The summed E-state index contributed by atoms with van der Waals surface area (Å²) < 4.78 is 3.73. The van der Waals surface area contributed by atoms with Gasteiger partial charge in [-0.05, 0) is 41.3 Å². The van der Waals surface area contributed by atoms with Gasteiger partial charge < -0.3 is 5.11 Å². The molecule has 3 rings (SSSR count). The number of tetrazole rings is 1. The molecule has 1 N–H and O–H groups in total. The first-order chi connectivity index (χ1) is 9.56. The number of hydrogen-bond donors (Lipinski definition) is 1. The molecule has 8 heteroatoms. The van der Waals surface area contributed by atoms with Crippen LogP contribution in [0.3, 0.4) is 0 Å². The minimum Gasteiger partial charge on any atom is -0.479 e. The van der Waals surface area contributed by atoms with Crippen molar-refractivity contribution in [3.8, 4) is 10.7 Å².